The Hall–Kier alpha value is -1.68. The van der Waals surface area contributed by atoms with Crippen molar-refractivity contribution in [3.05, 3.63) is 45.9 Å². The van der Waals surface area contributed by atoms with E-state index in [-0.39, 0.29) is 5.78 Å². The average molecular weight is 261 g/mol. The SMILES string of the molecule is COc1ccc(C)cc1C(=O)CCc1nccs1. The van der Waals surface area contributed by atoms with Crippen LogP contribution in [0.5, 0.6) is 5.75 Å². The van der Waals surface area contributed by atoms with E-state index < -0.39 is 0 Å². The molecule has 1 aromatic carbocycles. The first-order valence-electron chi connectivity index (χ1n) is 5.77. The van der Waals surface area contributed by atoms with Crippen LogP contribution in [0.25, 0.3) is 0 Å². The molecule has 0 atom stereocenters. The molecule has 0 aliphatic carbocycles. The summed E-state index contributed by atoms with van der Waals surface area (Å²) in [5.41, 5.74) is 1.72. The maximum atomic E-state index is 12.2. The number of hydrogen-bond donors (Lipinski definition) is 0. The Bertz CT molecular complexity index is 535. The van der Waals surface area contributed by atoms with Crippen molar-refractivity contribution in [2.75, 3.05) is 7.11 Å². The summed E-state index contributed by atoms with van der Waals surface area (Å²) in [6.45, 7) is 1.97. The van der Waals surface area contributed by atoms with Gasteiger partial charge in [0.15, 0.2) is 5.78 Å². The summed E-state index contributed by atoms with van der Waals surface area (Å²) in [4.78, 5) is 16.3. The summed E-state index contributed by atoms with van der Waals surface area (Å²) in [5, 5.41) is 2.92. The fourth-order valence-electron chi connectivity index (χ4n) is 1.77. The average Bonchev–Trinajstić information content (AvgIpc) is 2.89. The van der Waals surface area contributed by atoms with Gasteiger partial charge < -0.3 is 4.74 Å². The summed E-state index contributed by atoms with van der Waals surface area (Å²) in [7, 11) is 1.59. The van der Waals surface area contributed by atoms with Crippen molar-refractivity contribution in [1.82, 2.24) is 4.98 Å². The van der Waals surface area contributed by atoms with Crippen LogP contribution in [0.2, 0.25) is 0 Å². The minimum Gasteiger partial charge on any atom is -0.496 e. The third kappa shape index (κ3) is 2.96. The van der Waals surface area contributed by atoms with Gasteiger partial charge >= 0.3 is 0 Å². The number of ketones is 1. The normalized spacial score (nSPS) is 10.3. The Morgan fingerprint density at radius 1 is 1.44 bits per heavy atom. The van der Waals surface area contributed by atoms with Crippen LogP contribution < -0.4 is 4.74 Å². The van der Waals surface area contributed by atoms with Crippen molar-refractivity contribution in [3.63, 3.8) is 0 Å². The van der Waals surface area contributed by atoms with E-state index in [1.54, 1.807) is 24.6 Å². The molecule has 94 valence electrons. The number of ether oxygens (including phenoxy) is 1. The molecule has 2 rings (SSSR count). The second-order valence-corrected chi connectivity index (χ2v) is 5.03. The number of aromatic nitrogens is 1. The zero-order valence-corrected chi connectivity index (χ0v) is 11.3. The Kier molecular flexibility index (Phi) is 4.10. The number of rotatable bonds is 5. The fourth-order valence-corrected chi connectivity index (χ4v) is 2.39. The zero-order chi connectivity index (χ0) is 13.0. The van der Waals surface area contributed by atoms with Crippen molar-refractivity contribution in [2.45, 2.75) is 19.8 Å². The zero-order valence-electron chi connectivity index (χ0n) is 10.5. The Labute approximate surface area is 110 Å². The van der Waals surface area contributed by atoms with Crippen LogP contribution in [0.15, 0.2) is 29.8 Å². The molecule has 0 bridgehead atoms. The van der Waals surface area contributed by atoms with Gasteiger partial charge in [-0.2, -0.15) is 0 Å². The van der Waals surface area contributed by atoms with Gasteiger partial charge in [-0.05, 0) is 19.1 Å². The molecule has 0 fully saturated rings. The van der Waals surface area contributed by atoms with Gasteiger partial charge in [-0.25, -0.2) is 4.98 Å². The molecule has 4 heteroatoms. The molecule has 0 aliphatic rings. The first kappa shape index (κ1) is 12.8. The van der Waals surface area contributed by atoms with Gasteiger partial charge in [-0.15, -0.1) is 11.3 Å². The van der Waals surface area contributed by atoms with Crippen LogP contribution >= 0.6 is 11.3 Å². The Balaban J connectivity index is 2.10. The van der Waals surface area contributed by atoms with Crippen LogP contribution in [0.4, 0.5) is 0 Å². The molecule has 1 aromatic heterocycles. The molecule has 18 heavy (non-hydrogen) atoms. The van der Waals surface area contributed by atoms with Crippen molar-refractivity contribution < 1.29 is 9.53 Å². The highest BCUT2D eigenvalue weighted by atomic mass is 32.1. The summed E-state index contributed by atoms with van der Waals surface area (Å²) in [6, 6.07) is 5.66. The van der Waals surface area contributed by atoms with Gasteiger partial charge in [0, 0.05) is 24.4 Å². The predicted octanol–water partition coefficient (Wildman–Crippen LogP) is 3.28. The van der Waals surface area contributed by atoms with Gasteiger partial charge in [0.1, 0.15) is 5.75 Å². The van der Waals surface area contributed by atoms with E-state index in [4.69, 9.17) is 4.74 Å². The number of hydrogen-bond acceptors (Lipinski definition) is 4. The minimum atomic E-state index is 0.103. The van der Waals surface area contributed by atoms with Crippen molar-refractivity contribution >= 4 is 17.1 Å². The molecule has 2 aromatic rings. The predicted molar refractivity (Wildman–Crippen MR) is 72.5 cm³/mol. The molecular formula is C14H15NO2S. The van der Waals surface area contributed by atoms with Gasteiger partial charge in [-0.1, -0.05) is 11.6 Å². The minimum absolute atomic E-state index is 0.103. The third-order valence-electron chi connectivity index (χ3n) is 2.70. The topological polar surface area (TPSA) is 39.2 Å². The van der Waals surface area contributed by atoms with Crippen molar-refractivity contribution in [3.8, 4) is 5.75 Å². The lowest BCUT2D eigenvalue weighted by molar-refractivity contribution is 0.0980. The number of carbonyl (C=O) groups is 1. The summed E-state index contributed by atoms with van der Waals surface area (Å²) >= 11 is 1.58. The fraction of sp³-hybridized carbons (Fsp3) is 0.286. The van der Waals surface area contributed by atoms with Gasteiger partial charge in [-0.3, -0.25) is 4.79 Å². The standard InChI is InChI=1S/C14H15NO2S/c1-10-3-5-13(17-2)11(9-10)12(16)4-6-14-15-7-8-18-14/h3,5,7-9H,4,6H2,1-2H3. The van der Waals surface area contributed by atoms with E-state index in [0.29, 0.717) is 24.2 Å². The number of benzene rings is 1. The van der Waals surface area contributed by atoms with E-state index in [0.717, 1.165) is 10.6 Å². The maximum absolute atomic E-state index is 12.2. The lowest BCUT2D eigenvalue weighted by atomic mass is 10.0. The highest BCUT2D eigenvalue weighted by Gasteiger charge is 2.12. The van der Waals surface area contributed by atoms with Crippen LogP contribution in [0, 0.1) is 6.92 Å². The van der Waals surface area contributed by atoms with Gasteiger partial charge in [0.25, 0.3) is 0 Å². The van der Waals surface area contributed by atoms with Crippen LogP contribution in [0.1, 0.15) is 27.3 Å². The molecule has 0 saturated heterocycles. The van der Waals surface area contributed by atoms with E-state index in [1.807, 2.05) is 30.5 Å². The molecule has 0 spiro atoms. The Morgan fingerprint density at radius 3 is 2.94 bits per heavy atom. The molecule has 0 radical (unpaired) electrons. The quantitative estimate of drug-likeness (QED) is 0.775. The second kappa shape index (κ2) is 5.78. The van der Waals surface area contributed by atoms with Gasteiger partial charge in [0.05, 0.1) is 17.7 Å². The Morgan fingerprint density at radius 2 is 2.28 bits per heavy atom. The largest absolute Gasteiger partial charge is 0.496 e. The number of thiazole rings is 1. The van der Waals surface area contributed by atoms with Crippen LogP contribution in [0.3, 0.4) is 0 Å². The highest BCUT2D eigenvalue weighted by Crippen LogP contribution is 2.22. The first-order valence-corrected chi connectivity index (χ1v) is 6.65. The highest BCUT2D eigenvalue weighted by molar-refractivity contribution is 7.09. The van der Waals surface area contributed by atoms with Crippen molar-refractivity contribution in [2.24, 2.45) is 0 Å². The number of nitrogens with zero attached hydrogens (tertiary/aromatic N) is 1. The monoisotopic (exact) mass is 261 g/mol. The molecule has 0 saturated carbocycles. The molecule has 1 heterocycles. The van der Waals surface area contributed by atoms with E-state index in [2.05, 4.69) is 4.98 Å². The van der Waals surface area contributed by atoms with E-state index in [1.165, 1.54) is 0 Å². The molecule has 0 amide bonds. The first-order chi connectivity index (χ1) is 8.70. The molecule has 0 unspecified atom stereocenters. The van der Waals surface area contributed by atoms with Crippen LogP contribution in [-0.2, 0) is 6.42 Å². The molecule has 0 aliphatic heterocycles. The van der Waals surface area contributed by atoms with E-state index in [9.17, 15) is 4.79 Å². The lowest BCUT2D eigenvalue weighted by Gasteiger charge is -2.08. The number of carbonyl (C=O) groups excluding carboxylic acids is 1. The summed E-state index contributed by atoms with van der Waals surface area (Å²) in [6.07, 6.45) is 2.92. The molecular weight excluding hydrogens is 246 g/mol. The van der Waals surface area contributed by atoms with Gasteiger partial charge in [0.2, 0.25) is 0 Å². The van der Waals surface area contributed by atoms with Crippen molar-refractivity contribution in [1.29, 1.82) is 0 Å². The lowest BCUT2D eigenvalue weighted by Crippen LogP contribution is -2.04. The smallest absolute Gasteiger partial charge is 0.167 e. The number of methoxy groups -OCH3 is 1. The second-order valence-electron chi connectivity index (χ2n) is 4.05. The van der Waals surface area contributed by atoms with E-state index >= 15 is 0 Å². The molecule has 0 N–H and O–H groups in total. The third-order valence-corrected chi connectivity index (χ3v) is 3.54. The number of Topliss-reactive ketones (excluding diaryl/α,β-unsaturated/α-hetero) is 1. The summed E-state index contributed by atoms with van der Waals surface area (Å²) < 4.78 is 5.22. The number of aryl methyl sites for hydroxylation is 2. The summed E-state index contributed by atoms with van der Waals surface area (Å²) in [5.74, 6) is 0.746. The molecule has 3 nitrogen and oxygen atoms in total. The van der Waals surface area contributed by atoms with Crippen LogP contribution in [-0.4, -0.2) is 17.9 Å². The maximum Gasteiger partial charge on any atom is 0.167 e.